The summed E-state index contributed by atoms with van der Waals surface area (Å²) in [5.74, 6) is 0.913. The van der Waals surface area contributed by atoms with Crippen LogP contribution in [0.25, 0.3) is 0 Å². The van der Waals surface area contributed by atoms with Gasteiger partial charge in [0.05, 0.1) is 6.61 Å². The number of hydrogen-bond donors (Lipinski definition) is 2. The highest BCUT2D eigenvalue weighted by atomic mass is 16.5. The standard InChI is InChI=1S/C14H23NO2/c1-10(2)6-12-8-14(16)11(4-5-15)7-13(12)9-17-3/h7-8,10,16H,4-6,9,15H2,1-3H3. The van der Waals surface area contributed by atoms with E-state index in [-0.39, 0.29) is 0 Å². The van der Waals surface area contributed by atoms with E-state index < -0.39 is 0 Å². The van der Waals surface area contributed by atoms with Gasteiger partial charge in [-0.25, -0.2) is 0 Å². The van der Waals surface area contributed by atoms with Gasteiger partial charge in [-0.05, 0) is 54.1 Å². The van der Waals surface area contributed by atoms with Crippen LogP contribution in [0.1, 0.15) is 30.5 Å². The number of hydrogen-bond acceptors (Lipinski definition) is 3. The van der Waals surface area contributed by atoms with Gasteiger partial charge in [0, 0.05) is 7.11 Å². The van der Waals surface area contributed by atoms with Crippen LogP contribution in [-0.4, -0.2) is 18.8 Å². The van der Waals surface area contributed by atoms with Crippen LogP contribution in [-0.2, 0) is 24.2 Å². The second kappa shape index (κ2) is 6.62. The van der Waals surface area contributed by atoms with Crippen molar-refractivity contribution in [3.63, 3.8) is 0 Å². The number of methoxy groups -OCH3 is 1. The molecule has 0 aliphatic carbocycles. The van der Waals surface area contributed by atoms with E-state index in [1.807, 2.05) is 12.1 Å². The Morgan fingerprint density at radius 1 is 1.24 bits per heavy atom. The molecule has 0 atom stereocenters. The summed E-state index contributed by atoms with van der Waals surface area (Å²) in [6.45, 7) is 5.46. The Kier molecular flexibility index (Phi) is 5.45. The molecule has 0 aliphatic rings. The van der Waals surface area contributed by atoms with Crippen molar-refractivity contribution in [2.24, 2.45) is 11.7 Å². The van der Waals surface area contributed by atoms with Crippen LogP contribution in [0.5, 0.6) is 5.75 Å². The highest BCUT2D eigenvalue weighted by Crippen LogP contribution is 2.25. The summed E-state index contributed by atoms with van der Waals surface area (Å²) >= 11 is 0. The lowest BCUT2D eigenvalue weighted by molar-refractivity contribution is 0.184. The van der Waals surface area contributed by atoms with Gasteiger partial charge < -0.3 is 15.6 Å². The Morgan fingerprint density at radius 2 is 1.94 bits per heavy atom. The second-order valence-corrected chi connectivity index (χ2v) is 4.82. The van der Waals surface area contributed by atoms with Crippen LogP contribution >= 0.6 is 0 Å². The monoisotopic (exact) mass is 237 g/mol. The van der Waals surface area contributed by atoms with Crippen molar-refractivity contribution in [2.45, 2.75) is 33.3 Å². The molecule has 0 bridgehead atoms. The minimum absolute atomic E-state index is 0.353. The minimum Gasteiger partial charge on any atom is -0.508 e. The molecule has 0 heterocycles. The Balaban J connectivity index is 3.06. The van der Waals surface area contributed by atoms with Gasteiger partial charge in [0.1, 0.15) is 5.75 Å². The molecule has 3 N–H and O–H groups in total. The third kappa shape index (κ3) is 4.02. The molecule has 0 amide bonds. The quantitative estimate of drug-likeness (QED) is 0.797. The first-order chi connectivity index (χ1) is 8.08. The van der Waals surface area contributed by atoms with E-state index >= 15 is 0 Å². The lowest BCUT2D eigenvalue weighted by Crippen LogP contribution is -2.06. The van der Waals surface area contributed by atoms with E-state index in [4.69, 9.17) is 10.5 Å². The maximum Gasteiger partial charge on any atom is 0.119 e. The van der Waals surface area contributed by atoms with E-state index in [0.717, 1.165) is 17.5 Å². The summed E-state index contributed by atoms with van der Waals surface area (Å²) in [7, 11) is 1.69. The predicted octanol–water partition coefficient (Wildman–Crippen LogP) is 2.24. The van der Waals surface area contributed by atoms with Crippen LogP contribution in [0.3, 0.4) is 0 Å². The van der Waals surface area contributed by atoms with Crippen molar-refractivity contribution in [1.29, 1.82) is 0 Å². The first-order valence-corrected chi connectivity index (χ1v) is 6.11. The molecule has 0 spiro atoms. The Bertz CT molecular complexity index is 361. The van der Waals surface area contributed by atoms with E-state index in [1.54, 1.807) is 7.11 Å². The molecule has 1 rings (SSSR count). The molecular weight excluding hydrogens is 214 g/mol. The zero-order chi connectivity index (χ0) is 12.8. The predicted molar refractivity (Wildman–Crippen MR) is 70.1 cm³/mol. The third-order valence-electron chi connectivity index (χ3n) is 2.74. The number of nitrogens with two attached hydrogens (primary N) is 1. The SMILES string of the molecule is COCc1cc(CCN)c(O)cc1CC(C)C. The second-order valence-electron chi connectivity index (χ2n) is 4.82. The molecule has 17 heavy (non-hydrogen) atoms. The number of aromatic hydroxyl groups is 1. The number of phenolic OH excluding ortho intramolecular Hbond substituents is 1. The lowest BCUT2D eigenvalue weighted by Gasteiger charge is -2.14. The number of phenols is 1. The highest BCUT2D eigenvalue weighted by molar-refractivity contribution is 5.42. The third-order valence-corrected chi connectivity index (χ3v) is 2.74. The number of benzene rings is 1. The summed E-state index contributed by atoms with van der Waals surface area (Å²) in [5.41, 5.74) is 8.76. The van der Waals surface area contributed by atoms with Crippen LogP contribution in [0.2, 0.25) is 0 Å². The van der Waals surface area contributed by atoms with Gasteiger partial charge >= 0.3 is 0 Å². The molecule has 1 aromatic carbocycles. The van der Waals surface area contributed by atoms with Gasteiger partial charge in [-0.3, -0.25) is 0 Å². The van der Waals surface area contributed by atoms with Crippen molar-refractivity contribution in [3.05, 3.63) is 28.8 Å². The van der Waals surface area contributed by atoms with Gasteiger partial charge in [0.15, 0.2) is 0 Å². The van der Waals surface area contributed by atoms with Crippen LogP contribution in [0.4, 0.5) is 0 Å². The van der Waals surface area contributed by atoms with Crippen LogP contribution in [0.15, 0.2) is 12.1 Å². The summed E-state index contributed by atoms with van der Waals surface area (Å²) in [6, 6.07) is 3.88. The normalized spacial score (nSPS) is 11.1. The maximum absolute atomic E-state index is 9.93. The zero-order valence-corrected chi connectivity index (χ0v) is 11.0. The average molecular weight is 237 g/mol. The first kappa shape index (κ1) is 14.0. The van der Waals surface area contributed by atoms with Crippen molar-refractivity contribution >= 4 is 0 Å². The van der Waals surface area contributed by atoms with Gasteiger partial charge in [0.2, 0.25) is 0 Å². The lowest BCUT2D eigenvalue weighted by atomic mass is 9.95. The zero-order valence-electron chi connectivity index (χ0n) is 11.0. The topological polar surface area (TPSA) is 55.5 Å². The van der Waals surface area contributed by atoms with Gasteiger partial charge in [0.25, 0.3) is 0 Å². The molecule has 0 radical (unpaired) electrons. The summed E-state index contributed by atoms with van der Waals surface area (Å²) < 4.78 is 5.21. The molecule has 96 valence electrons. The average Bonchev–Trinajstić information content (AvgIpc) is 2.24. The molecule has 3 heteroatoms. The van der Waals surface area contributed by atoms with Crippen molar-refractivity contribution in [1.82, 2.24) is 0 Å². The fraction of sp³-hybridized carbons (Fsp3) is 0.571. The van der Waals surface area contributed by atoms with Crippen molar-refractivity contribution in [2.75, 3.05) is 13.7 Å². The van der Waals surface area contributed by atoms with E-state index in [2.05, 4.69) is 13.8 Å². The number of rotatable bonds is 6. The molecule has 1 aromatic rings. The maximum atomic E-state index is 9.93. The van der Waals surface area contributed by atoms with Gasteiger partial charge in [-0.1, -0.05) is 13.8 Å². The van der Waals surface area contributed by atoms with Gasteiger partial charge in [-0.2, -0.15) is 0 Å². The molecule has 0 saturated heterocycles. The molecule has 0 unspecified atom stereocenters. The smallest absolute Gasteiger partial charge is 0.119 e. The number of ether oxygens (including phenoxy) is 1. The fourth-order valence-electron chi connectivity index (χ4n) is 2.00. The highest BCUT2D eigenvalue weighted by Gasteiger charge is 2.10. The summed E-state index contributed by atoms with van der Waals surface area (Å²) in [4.78, 5) is 0. The Hall–Kier alpha value is -1.06. The fourth-order valence-corrected chi connectivity index (χ4v) is 2.00. The molecule has 0 saturated carbocycles. The van der Waals surface area contributed by atoms with Crippen molar-refractivity contribution in [3.8, 4) is 5.75 Å². The first-order valence-electron chi connectivity index (χ1n) is 6.11. The van der Waals surface area contributed by atoms with Crippen LogP contribution in [0, 0.1) is 5.92 Å². The largest absolute Gasteiger partial charge is 0.508 e. The van der Waals surface area contributed by atoms with E-state index in [9.17, 15) is 5.11 Å². The van der Waals surface area contributed by atoms with Gasteiger partial charge in [-0.15, -0.1) is 0 Å². The van der Waals surface area contributed by atoms with Crippen LogP contribution < -0.4 is 5.73 Å². The molecule has 3 nitrogen and oxygen atoms in total. The van der Waals surface area contributed by atoms with E-state index in [1.165, 1.54) is 5.56 Å². The Morgan fingerprint density at radius 3 is 2.47 bits per heavy atom. The minimum atomic E-state index is 0.353. The molecule has 0 aliphatic heterocycles. The van der Waals surface area contributed by atoms with E-state index in [0.29, 0.717) is 31.2 Å². The molecular formula is C14H23NO2. The summed E-state index contributed by atoms with van der Waals surface area (Å²) in [6.07, 6.45) is 1.65. The Labute approximate surface area is 104 Å². The summed E-state index contributed by atoms with van der Waals surface area (Å²) in [5, 5.41) is 9.93. The molecule has 0 aromatic heterocycles. The molecule has 0 fully saturated rings. The van der Waals surface area contributed by atoms with Crippen molar-refractivity contribution < 1.29 is 9.84 Å².